The summed E-state index contributed by atoms with van der Waals surface area (Å²) in [5, 5.41) is 9.44. The molecule has 2 rings (SSSR count). The summed E-state index contributed by atoms with van der Waals surface area (Å²) in [6, 6.07) is 4.99. The number of benzene rings is 1. The highest BCUT2D eigenvalue weighted by Gasteiger charge is 2.31. The minimum absolute atomic E-state index is 0.0248. The largest absolute Gasteiger partial charge is 0.508 e. The maximum atomic E-state index is 12.2. The number of anilines is 2. The first-order valence-corrected chi connectivity index (χ1v) is 7.50. The topological polar surface area (TPSA) is 79.0 Å². The standard InChI is InChI=1S/C16H25N3O3/c1-11-10-18(14-6-5-12(20)9-13(14)17)7-8-19(11)15(21)22-16(2,3)4/h5-6,9,11,20H,7-8,10,17H2,1-4H3/t11-/m0/s1. The van der Waals surface area contributed by atoms with Gasteiger partial charge in [-0.2, -0.15) is 0 Å². The minimum Gasteiger partial charge on any atom is -0.508 e. The molecule has 0 unspecified atom stereocenters. The van der Waals surface area contributed by atoms with E-state index >= 15 is 0 Å². The summed E-state index contributed by atoms with van der Waals surface area (Å²) < 4.78 is 5.44. The Balaban J connectivity index is 2.05. The molecule has 0 saturated carbocycles. The second-order valence-corrected chi connectivity index (χ2v) is 6.71. The van der Waals surface area contributed by atoms with Gasteiger partial charge in [0.1, 0.15) is 11.4 Å². The van der Waals surface area contributed by atoms with Crippen LogP contribution in [0.1, 0.15) is 27.7 Å². The summed E-state index contributed by atoms with van der Waals surface area (Å²) >= 11 is 0. The predicted octanol–water partition coefficient (Wildman–Crippen LogP) is 2.42. The second kappa shape index (κ2) is 5.94. The van der Waals surface area contributed by atoms with E-state index in [0.717, 1.165) is 5.69 Å². The molecule has 1 heterocycles. The first-order valence-electron chi connectivity index (χ1n) is 7.50. The van der Waals surface area contributed by atoms with Crippen LogP contribution in [0.4, 0.5) is 16.2 Å². The maximum absolute atomic E-state index is 12.2. The van der Waals surface area contributed by atoms with E-state index in [1.54, 1.807) is 23.1 Å². The molecule has 0 spiro atoms. The van der Waals surface area contributed by atoms with Crippen molar-refractivity contribution in [3.05, 3.63) is 18.2 Å². The maximum Gasteiger partial charge on any atom is 0.410 e. The van der Waals surface area contributed by atoms with Crippen LogP contribution in [0.2, 0.25) is 0 Å². The fourth-order valence-corrected chi connectivity index (χ4v) is 2.60. The van der Waals surface area contributed by atoms with Gasteiger partial charge in [0, 0.05) is 31.7 Å². The Morgan fingerprint density at radius 1 is 1.36 bits per heavy atom. The zero-order chi connectivity index (χ0) is 16.5. The Morgan fingerprint density at radius 3 is 2.59 bits per heavy atom. The lowest BCUT2D eigenvalue weighted by molar-refractivity contribution is 0.0159. The van der Waals surface area contributed by atoms with Crippen molar-refractivity contribution in [3.8, 4) is 5.75 Å². The van der Waals surface area contributed by atoms with Crippen LogP contribution in [-0.4, -0.2) is 47.4 Å². The molecule has 1 fully saturated rings. The lowest BCUT2D eigenvalue weighted by atomic mass is 10.1. The number of nitrogens with two attached hydrogens (primary N) is 1. The fourth-order valence-electron chi connectivity index (χ4n) is 2.60. The number of phenolic OH excluding ortho intramolecular Hbond substituents is 1. The smallest absolute Gasteiger partial charge is 0.410 e. The highest BCUT2D eigenvalue weighted by molar-refractivity contribution is 5.72. The Labute approximate surface area is 131 Å². The van der Waals surface area contributed by atoms with Crippen LogP contribution in [0.15, 0.2) is 18.2 Å². The summed E-state index contributed by atoms with van der Waals surface area (Å²) in [7, 11) is 0. The van der Waals surface area contributed by atoms with Crippen molar-refractivity contribution in [2.45, 2.75) is 39.3 Å². The van der Waals surface area contributed by atoms with Gasteiger partial charge in [-0.1, -0.05) is 0 Å². The molecule has 1 aliphatic rings. The van der Waals surface area contributed by atoms with E-state index in [1.165, 1.54) is 0 Å². The van der Waals surface area contributed by atoms with E-state index in [9.17, 15) is 9.90 Å². The van der Waals surface area contributed by atoms with Crippen molar-refractivity contribution in [3.63, 3.8) is 0 Å². The number of carbonyl (C=O) groups is 1. The molecule has 1 saturated heterocycles. The summed E-state index contributed by atoms with van der Waals surface area (Å²) in [6.07, 6.45) is -0.279. The van der Waals surface area contributed by atoms with Crippen molar-refractivity contribution in [2.24, 2.45) is 0 Å². The number of phenols is 1. The van der Waals surface area contributed by atoms with Crippen LogP contribution >= 0.6 is 0 Å². The van der Waals surface area contributed by atoms with Crippen molar-refractivity contribution in [2.75, 3.05) is 30.3 Å². The van der Waals surface area contributed by atoms with E-state index in [2.05, 4.69) is 4.90 Å². The van der Waals surface area contributed by atoms with Crippen molar-refractivity contribution in [1.29, 1.82) is 0 Å². The molecule has 122 valence electrons. The number of ether oxygens (including phenoxy) is 1. The van der Waals surface area contributed by atoms with Crippen LogP contribution in [0, 0.1) is 0 Å². The number of amides is 1. The third kappa shape index (κ3) is 3.75. The van der Waals surface area contributed by atoms with Gasteiger partial charge >= 0.3 is 6.09 Å². The molecular weight excluding hydrogens is 282 g/mol. The van der Waals surface area contributed by atoms with Gasteiger partial charge in [-0.05, 0) is 39.8 Å². The molecular formula is C16H25N3O3. The molecule has 6 nitrogen and oxygen atoms in total. The number of nitrogen functional groups attached to an aromatic ring is 1. The van der Waals surface area contributed by atoms with Gasteiger partial charge in [0.05, 0.1) is 11.4 Å². The summed E-state index contributed by atoms with van der Waals surface area (Å²) in [5.74, 6) is 0.154. The second-order valence-electron chi connectivity index (χ2n) is 6.71. The SMILES string of the molecule is C[C@H]1CN(c2ccc(O)cc2N)CCN1C(=O)OC(C)(C)C. The number of aromatic hydroxyl groups is 1. The Kier molecular flexibility index (Phi) is 4.39. The average molecular weight is 307 g/mol. The molecule has 1 amide bonds. The van der Waals surface area contributed by atoms with Gasteiger partial charge in [0.15, 0.2) is 0 Å². The number of rotatable bonds is 1. The molecule has 6 heteroatoms. The number of hydrogen-bond acceptors (Lipinski definition) is 5. The van der Waals surface area contributed by atoms with Gasteiger partial charge in [-0.25, -0.2) is 4.79 Å². The normalized spacial score (nSPS) is 19.2. The molecule has 3 N–H and O–H groups in total. The third-order valence-electron chi connectivity index (χ3n) is 3.61. The summed E-state index contributed by atoms with van der Waals surface area (Å²) in [4.78, 5) is 16.1. The third-order valence-corrected chi connectivity index (χ3v) is 3.61. The lowest BCUT2D eigenvalue weighted by Crippen LogP contribution is -2.55. The van der Waals surface area contributed by atoms with Crippen LogP contribution in [-0.2, 0) is 4.74 Å². The van der Waals surface area contributed by atoms with E-state index in [0.29, 0.717) is 25.3 Å². The Morgan fingerprint density at radius 2 is 2.05 bits per heavy atom. The molecule has 22 heavy (non-hydrogen) atoms. The van der Waals surface area contributed by atoms with Crippen LogP contribution in [0.5, 0.6) is 5.75 Å². The van der Waals surface area contributed by atoms with Gasteiger partial charge in [0.2, 0.25) is 0 Å². The predicted molar refractivity (Wildman–Crippen MR) is 87.1 cm³/mol. The highest BCUT2D eigenvalue weighted by atomic mass is 16.6. The Hall–Kier alpha value is -2.11. The molecule has 1 aromatic rings. The molecule has 0 aliphatic carbocycles. The zero-order valence-corrected chi connectivity index (χ0v) is 13.7. The summed E-state index contributed by atoms with van der Waals surface area (Å²) in [5.41, 5.74) is 6.90. The lowest BCUT2D eigenvalue weighted by Gasteiger charge is -2.41. The number of carbonyl (C=O) groups excluding carboxylic acids is 1. The molecule has 1 aromatic carbocycles. The summed E-state index contributed by atoms with van der Waals surface area (Å²) in [6.45, 7) is 9.52. The molecule has 0 radical (unpaired) electrons. The van der Waals surface area contributed by atoms with Crippen molar-refractivity contribution in [1.82, 2.24) is 4.90 Å². The van der Waals surface area contributed by atoms with E-state index in [1.807, 2.05) is 27.7 Å². The van der Waals surface area contributed by atoms with Crippen LogP contribution in [0.25, 0.3) is 0 Å². The fraction of sp³-hybridized carbons (Fsp3) is 0.562. The highest BCUT2D eigenvalue weighted by Crippen LogP contribution is 2.29. The average Bonchev–Trinajstić information content (AvgIpc) is 2.36. The molecule has 0 bridgehead atoms. The zero-order valence-electron chi connectivity index (χ0n) is 13.7. The molecule has 1 atom stereocenters. The Bertz CT molecular complexity index is 554. The van der Waals surface area contributed by atoms with Crippen molar-refractivity contribution < 1.29 is 14.6 Å². The van der Waals surface area contributed by atoms with Crippen LogP contribution < -0.4 is 10.6 Å². The molecule has 1 aliphatic heterocycles. The minimum atomic E-state index is -0.491. The quantitative estimate of drug-likeness (QED) is 0.779. The first-order chi connectivity index (χ1) is 10.2. The monoisotopic (exact) mass is 307 g/mol. The van der Waals surface area contributed by atoms with Crippen LogP contribution in [0.3, 0.4) is 0 Å². The van der Waals surface area contributed by atoms with Gasteiger partial charge < -0.3 is 25.4 Å². The number of nitrogens with zero attached hydrogens (tertiary/aromatic N) is 2. The van der Waals surface area contributed by atoms with Gasteiger partial charge in [0.25, 0.3) is 0 Å². The number of piperazine rings is 1. The van der Waals surface area contributed by atoms with E-state index < -0.39 is 5.60 Å². The van der Waals surface area contributed by atoms with Gasteiger partial charge in [-0.15, -0.1) is 0 Å². The number of hydrogen-bond donors (Lipinski definition) is 2. The van der Waals surface area contributed by atoms with Crippen molar-refractivity contribution >= 4 is 17.5 Å². The van der Waals surface area contributed by atoms with Gasteiger partial charge in [-0.3, -0.25) is 0 Å². The first kappa shape index (κ1) is 16.3. The molecule has 0 aromatic heterocycles. The van der Waals surface area contributed by atoms with E-state index in [4.69, 9.17) is 10.5 Å². The van der Waals surface area contributed by atoms with E-state index in [-0.39, 0.29) is 17.9 Å².